The van der Waals surface area contributed by atoms with Gasteiger partial charge in [0.05, 0.1) is 0 Å². The lowest BCUT2D eigenvalue weighted by molar-refractivity contribution is -0.134. The molecular weight excluding hydrogens is 398 g/mol. The number of benzene rings is 1. The van der Waals surface area contributed by atoms with Crippen molar-refractivity contribution in [2.24, 2.45) is 5.92 Å². The first-order valence-electron chi connectivity index (χ1n) is 9.80. The molecule has 2 rings (SSSR count). The average Bonchev–Trinajstić information content (AvgIpc) is 2.68. The van der Waals surface area contributed by atoms with Crippen molar-refractivity contribution in [3.8, 4) is 5.75 Å². The molecule has 0 amide bonds. The molecule has 1 aliphatic rings. The van der Waals surface area contributed by atoms with Gasteiger partial charge in [-0.2, -0.15) is 8.78 Å². The fourth-order valence-corrected chi connectivity index (χ4v) is 3.19. The number of para-hydroxylation sites is 1. The van der Waals surface area contributed by atoms with Crippen LogP contribution < -0.4 is 10.1 Å². The van der Waals surface area contributed by atoms with Crippen molar-refractivity contribution in [2.45, 2.75) is 45.9 Å². The number of rotatable bonds is 9. The number of aliphatic carboxylic acids is 2. The first-order chi connectivity index (χ1) is 14.2. The summed E-state index contributed by atoms with van der Waals surface area (Å²) in [6.45, 7) is 5.27. The van der Waals surface area contributed by atoms with E-state index in [2.05, 4.69) is 28.8 Å². The van der Waals surface area contributed by atoms with Gasteiger partial charge in [-0.1, -0.05) is 32.0 Å². The van der Waals surface area contributed by atoms with Gasteiger partial charge < -0.3 is 20.3 Å². The van der Waals surface area contributed by atoms with E-state index in [0.29, 0.717) is 36.4 Å². The number of hydrogen-bond acceptors (Lipinski definition) is 5. The second kappa shape index (κ2) is 13.7. The predicted octanol–water partition coefficient (Wildman–Crippen LogP) is 3.21. The number of alkyl halides is 2. The third-order valence-corrected chi connectivity index (χ3v) is 4.36. The van der Waals surface area contributed by atoms with Crippen LogP contribution in [0.5, 0.6) is 5.75 Å². The summed E-state index contributed by atoms with van der Waals surface area (Å²) >= 11 is 0. The molecule has 0 aliphatic carbocycles. The van der Waals surface area contributed by atoms with Gasteiger partial charge in [-0.3, -0.25) is 4.90 Å². The fraction of sp³-hybridized carbons (Fsp3) is 0.524. The minimum Gasteiger partial charge on any atom is -0.478 e. The number of carbonyl (C=O) groups is 2. The highest BCUT2D eigenvalue weighted by atomic mass is 19.3. The summed E-state index contributed by atoms with van der Waals surface area (Å²) < 4.78 is 29.8. The van der Waals surface area contributed by atoms with Gasteiger partial charge in [0.25, 0.3) is 0 Å². The van der Waals surface area contributed by atoms with Gasteiger partial charge in [-0.15, -0.1) is 0 Å². The first-order valence-corrected chi connectivity index (χ1v) is 9.80. The van der Waals surface area contributed by atoms with Crippen LogP contribution in [-0.2, 0) is 16.1 Å². The van der Waals surface area contributed by atoms with Gasteiger partial charge in [0.1, 0.15) is 5.75 Å². The van der Waals surface area contributed by atoms with Crippen LogP contribution in [0, 0.1) is 5.92 Å². The largest absolute Gasteiger partial charge is 0.478 e. The quantitative estimate of drug-likeness (QED) is 0.520. The molecule has 1 saturated heterocycles. The fourth-order valence-electron chi connectivity index (χ4n) is 3.19. The van der Waals surface area contributed by atoms with Crippen molar-refractivity contribution in [1.29, 1.82) is 0 Å². The molecule has 0 spiro atoms. The Labute approximate surface area is 175 Å². The Morgan fingerprint density at radius 2 is 1.73 bits per heavy atom. The number of carboxylic acid groups (broad SMARTS) is 2. The summed E-state index contributed by atoms with van der Waals surface area (Å²) in [5, 5.41) is 19.0. The van der Waals surface area contributed by atoms with Gasteiger partial charge in [-0.05, 0) is 37.9 Å². The summed E-state index contributed by atoms with van der Waals surface area (Å²) in [6.07, 6.45) is 3.32. The van der Waals surface area contributed by atoms with Gasteiger partial charge in [-0.25, -0.2) is 9.59 Å². The smallest absolute Gasteiger partial charge is 0.387 e. The monoisotopic (exact) mass is 428 g/mol. The number of carboxylic acids is 2. The maximum absolute atomic E-state index is 12.6. The van der Waals surface area contributed by atoms with Gasteiger partial charge in [0.15, 0.2) is 0 Å². The molecule has 1 aromatic carbocycles. The van der Waals surface area contributed by atoms with Crippen LogP contribution in [0.25, 0.3) is 0 Å². The molecule has 1 aliphatic heterocycles. The summed E-state index contributed by atoms with van der Waals surface area (Å²) in [4.78, 5) is 21.5. The van der Waals surface area contributed by atoms with Crippen molar-refractivity contribution in [1.82, 2.24) is 10.2 Å². The SMILES string of the molecule is CC(C)CN(Cc1ccccc1OC(F)F)C1CCNCC1.O=C(O)C=CC(=O)O. The normalized spacial score (nSPS) is 14.8. The van der Waals surface area contributed by atoms with Gasteiger partial charge >= 0.3 is 18.6 Å². The molecule has 0 atom stereocenters. The molecule has 0 unspecified atom stereocenters. The van der Waals surface area contributed by atoms with E-state index in [9.17, 15) is 18.4 Å². The maximum atomic E-state index is 12.6. The Morgan fingerprint density at radius 1 is 1.17 bits per heavy atom. The molecule has 0 saturated carbocycles. The number of ether oxygens (including phenoxy) is 1. The van der Waals surface area contributed by atoms with Gasteiger partial charge in [0.2, 0.25) is 0 Å². The Balaban J connectivity index is 0.000000479. The minimum absolute atomic E-state index is 0.292. The number of hydrogen-bond donors (Lipinski definition) is 3. The van der Waals surface area contributed by atoms with E-state index in [1.54, 1.807) is 12.1 Å². The lowest BCUT2D eigenvalue weighted by Crippen LogP contribution is -2.44. The van der Waals surface area contributed by atoms with E-state index in [1.165, 1.54) is 0 Å². The average molecular weight is 428 g/mol. The van der Waals surface area contributed by atoms with Crippen molar-refractivity contribution in [3.63, 3.8) is 0 Å². The van der Waals surface area contributed by atoms with Crippen LogP contribution in [0.15, 0.2) is 36.4 Å². The number of nitrogens with one attached hydrogen (secondary N) is 1. The highest BCUT2D eigenvalue weighted by Gasteiger charge is 2.23. The highest BCUT2D eigenvalue weighted by Crippen LogP contribution is 2.25. The zero-order valence-electron chi connectivity index (χ0n) is 17.3. The van der Waals surface area contributed by atoms with E-state index >= 15 is 0 Å². The Morgan fingerprint density at radius 3 is 2.23 bits per heavy atom. The topological polar surface area (TPSA) is 99.1 Å². The standard InChI is InChI=1S/C17H26F2N2O.C4H4O4/c1-13(2)11-21(15-7-9-20-10-8-15)12-14-5-3-4-6-16(14)22-17(18)19;5-3(6)1-2-4(7)8/h3-6,13,15,17,20H,7-12H2,1-2H3;1-2H,(H,5,6)(H,7,8). The molecule has 0 aromatic heterocycles. The number of halogens is 2. The van der Waals surface area contributed by atoms with Crippen molar-refractivity contribution in [3.05, 3.63) is 42.0 Å². The van der Waals surface area contributed by atoms with Crippen LogP contribution in [0.4, 0.5) is 8.78 Å². The summed E-state index contributed by atoms with van der Waals surface area (Å²) in [5.74, 6) is -1.68. The third-order valence-electron chi connectivity index (χ3n) is 4.36. The molecule has 1 aromatic rings. The van der Waals surface area contributed by atoms with E-state index in [4.69, 9.17) is 10.2 Å². The second-order valence-electron chi connectivity index (χ2n) is 7.30. The van der Waals surface area contributed by atoms with Crippen LogP contribution in [0.2, 0.25) is 0 Å². The van der Waals surface area contributed by atoms with Crippen LogP contribution in [-0.4, -0.2) is 59.3 Å². The second-order valence-corrected chi connectivity index (χ2v) is 7.30. The Kier molecular flexibility index (Phi) is 11.6. The summed E-state index contributed by atoms with van der Waals surface area (Å²) in [6, 6.07) is 7.62. The van der Waals surface area contributed by atoms with Crippen LogP contribution in [0.3, 0.4) is 0 Å². The van der Waals surface area contributed by atoms with E-state index in [1.807, 2.05) is 12.1 Å². The van der Waals surface area contributed by atoms with Crippen molar-refractivity contribution < 1.29 is 33.3 Å². The predicted molar refractivity (Wildman–Crippen MR) is 109 cm³/mol. The third kappa shape index (κ3) is 10.9. The van der Waals surface area contributed by atoms with E-state index in [-0.39, 0.29) is 0 Å². The van der Waals surface area contributed by atoms with E-state index < -0.39 is 18.6 Å². The zero-order chi connectivity index (χ0) is 22.5. The van der Waals surface area contributed by atoms with Crippen LogP contribution >= 0.6 is 0 Å². The molecule has 9 heteroatoms. The Hall–Kier alpha value is -2.52. The molecule has 1 fully saturated rings. The summed E-state index contributed by atoms with van der Waals surface area (Å²) in [5.41, 5.74) is 0.835. The van der Waals surface area contributed by atoms with Crippen molar-refractivity contribution in [2.75, 3.05) is 19.6 Å². The lowest BCUT2D eigenvalue weighted by atomic mass is 10.0. The highest BCUT2D eigenvalue weighted by molar-refractivity contribution is 5.89. The molecule has 0 radical (unpaired) electrons. The molecule has 30 heavy (non-hydrogen) atoms. The molecule has 1 heterocycles. The van der Waals surface area contributed by atoms with Gasteiger partial charge in [0, 0.05) is 36.8 Å². The lowest BCUT2D eigenvalue weighted by Gasteiger charge is -2.36. The maximum Gasteiger partial charge on any atom is 0.387 e. The minimum atomic E-state index is -2.78. The molecule has 7 nitrogen and oxygen atoms in total. The molecule has 3 N–H and O–H groups in total. The summed E-state index contributed by atoms with van der Waals surface area (Å²) in [7, 11) is 0. The molecule has 168 valence electrons. The first kappa shape index (κ1) is 25.5. The molecular formula is C21H30F2N2O5. The zero-order valence-corrected chi connectivity index (χ0v) is 17.3. The Bertz CT molecular complexity index is 676. The van der Waals surface area contributed by atoms with Crippen LogP contribution in [0.1, 0.15) is 32.3 Å². The molecule has 0 bridgehead atoms. The van der Waals surface area contributed by atoms with E-state index in [0.717, 1.165) is 38.0 Å². The number of piperidine rings is 1. The number of nitrogens with zero attached hydrogens (tertiary/aromatic N) is 1. The van der Waals surface area contributed by atoms with Crippen molar-refractivity contribution >= 4 is 11.9 Å².